The van der Waals surface area contributed by atoms with Crippen molar-refractivity contribution < 1.29 is 7.65 Å². The Balaban J connectivity index is 0.00000110. The Hall–Kier alpha value is -1.65. The SMILES string of the molecule is Cc1c(/C=C2/SC(=S)NC2=O)ccc2ccccc12.[HH].[HH]. The maximum absolute atomic E-state index is 11.7. The topological polar surface area (TPSA) is 29.1 Å². The van der Waals surface area contributed by atoms with E-state index in [1.807, 2.05) is 24.3 Å². The second kappa shape index (κ2) is 4.79. The molecule has 0 aliphatic carbocycles. The number of hydrogen-bond acceptors (Lipinski definition) is 3. The number of benzene rings is 2. The standard InChI is InChI=1S/C15H11NOS2.2H2/c1-9-11(8-13-14(17)16-15(18)19-13)7-6-10-4-2-3-5-12(9)10;;/h2-8H,1H3,(H,16,17,18);2*1H/b13-8+;;. The van der Waals surface area contributed by atoms with Crippen molar-refractivity contribution in [1.82, 2.24) is 5.32 Å². The van der Waals surface area contributed by atoms with Gasteiger partial charge in [-0.1, -0.05) is 60.4 Å². The first-order valence-electron chi connectivity index (χ1n) is 5.88. The predicted octanol–water partition coefficient (Wildman–Crippen LogP) is 4.13. The van der Waals surface area contributed by atoms with E-state index in [0.29, 0.717) is 9.23 Å². The molecule has 1 aliphatic heterocycles. The average molecular weight is 289 g/mol. The summed E-state index contributed by atoms with van der Waals surface area (Å²) in [6.07, 6.45) is 1.90. The summed E-state index contributed by atoms with van der Waals surface area (Å²) in [7, 11) is 0. The van der Waals surface area contributed by atoms with Gasteiger partial charge in [-0.3, -0.25) is 4.79 Å². The van der Waals surface area contributed by atoms with Crippen LogP contribution < -0.4 is 5.32 Å². The molecule has 0 bridgehead atoms. The number of fused-ring (bicyclic) bond motifs is 1. The number of nitrogens with one attached hydrogen (secondary N) is 1. The fraction of sp³-hybridized carbons (Fsp3) is 0.0667. The van der Waals surface area contributed by atoms with Crippen molar-refractivity contribution in [3.05, 3.63) is 52.4 Å². The van der Waals surface area contributed by atoms with Gasteiger partial charge in [0.15, 0.2) is 0 Å². The number of thioether (sulfide) groups is 1. The molecule has 1 fully saturated rings. The smallest absolute Gasteiger partial charge is 0.263 e. The molecule has 98 valence electrons. The minimum Gasteiger partial charge on any atom is -0.307 e. The summed E-state index contributed by atoms with van der Waals surface area (Å²) in [4.78, 5) is 12.3. The molecule has 19 heavy (non-hydrogen) atoms. The van der Waals surface area contributed by atoms with Gasteiger partial charge in [0.05, 0.1) is 4.91 Å². The van der Waals surface area contributed by atoms with E-state index in [2.05, 4.69) is 30.4 Å². The van der Waals surface area contributed by atoms with E-state index in [1.165, 1.54) is 28.1 Å². The molecular weight excluding hydrogens is 274 g/mol. The molecule has 1 saturated heterocycles. The van der Waals surface area contributed by atoms with E-state index in [0.717, 1.165) is 5.56 Å². The number of aryl methyl sites for hydroxylation is 1. The third kappa shape index (κ3) is 2.29. The number of hydrogen-bond donors (Lipinski definition) is 1. The lowest BCUT2D eigenvalue weighted by molar-refractivity contribution is -0.115. The molecule has 0 aromatic heterocycles. The van der Waals surface area contributed by atoms with Crippen molar-refractivity contribution in [2.75, 3.05) is 0 Å². The molecule has 0 unspecified atom stereocenters. The van der Waals surface area contributed by atoms with E-state index in [4.69, 9.17) is 12.2 Å². The number of amides is 1. The Labute approximate surface area is 123 Å². The van der Waals surface area contributed by atoms with Crippen LogP contribution in [0.3, 0.4) is 0 Å². The van der Waals surface area contributed by atoms with Gasteiger partial charge in [-0.05, 0) is 34.9 Å². The highest BCUT2D eigenvalue weighted by molar-refractivity contribution is 8.26. The first kappa shape index (κ1) is 12.4. The quantitative estimate of drug-likeness (QED) is 0.632. The van der Waals surface area contributed by atoms with Crippen LogP contribution in [0.2, 0.25) is 0 Å². The molecule has 1 aliphatic rings. The molecule has 4 heteroatoms. The second-order valence-corrected chi connectivity index (χ2v) is 6.07. The van der Waals surface area contributed by atoms with Crippen LogP contribution in [0.1, 0.15) is 14.0 Å². The monoisotopic (exact) mass is 289 g/mol. The van der Waals surface area contributed by atoms with Gasteiger partial charge in [-0.15, -0.1) is 0 Å². The number of carbonyl (C=O) groups excluding carboxylic acids is 1. The summed E-state index contributed by atoms with van der Waals surface area (Å²) in [6.45, 7) is 2.07. The molecule has 0 radical (unpaired) electrons. The molecule has 1 heterocycles. The van der Waals surface area contributed by atoms with E-state index in [1.54, 1.807) is 0 Å². The first-order valence-corrected chi connectivity index (χ1v) is 7.11. The molecule has 2 aromatic rings. The van der Waals surface area contributed by atoms with Crippen LogP contribution in [0, 0.1) is 6.92 Å². The lowest BCUT2D eigenvalue weighted by Crippen LogP contribution is -2.17. The van der Waals surface area contributed by atoms with Gasteiger partial charge in [-0.25, -0.2) is 0 Å². The largest absolute Gasteiger partial charge is 0.307 e. The molecule has 1 amide bonds. The Bertz CT molecular complexity index is 744. The lowest BCUT2D eigenvalue weighted by Gasteiger charge is -2.06. The summed E-state index contributed by atoms with van der Waals surface area (Å²) in [5.74, 6) is -0.109. The molecule has 0 saturated carbocycles. The average Bonchev–Trinajstić information content (AvgIpc) is 2.72. The highest BCUT2D eigenvalue weighted by Gasteiger charge is 2.22. The van der Waals surface area contributed by atoms with Crippen molar-refractivity contribution in [2.24, 2.45) is 0 Å². The van der Waals surface area contributed by atoms with Gasteiger partial charge in [0.1, 0.15) is 4.32 Å². The Morgan fingerprint density at radius 1 is 1.26 bits per heavy atom. The maximum atomic E-state index is 11.7. The van der Waals surface area contributed by atoms with Crippen LogP contribution in [0.25, 0.3) is 16.8 Å². The van der Waals surface area contributed by atoms with Gasteiger partial charge in [0, 0.05) is 2.85 Å². The Morgan fingerprint density at radius 2 is 2.05 bits per heavy atom. The van der Waals surface area contributed by atoms with Crippen LogP contribution in [0.4, 0.5) is 0 Å². The summed E-state index contributed by atoms with van der Waals surface area (Å²) >= 11 is 6.30. The van der Waals surface area contributed by atoms with Gasteiger partial charge < -0.3 is 5.32 Å². The van der Waals surface area contributed by atoms with Gasteiger partial charge in [0.2, 0.25) is 0 Å². The molecule has 0 atom stereocenters. The molecular formula is C15H15NOS2. The summed E-state index contributed by atoms with van der Waals surface area (Å²) in [5, 5.41) is 5.05. The molecule has 2 nitrogen and oxygen atoms in total. The fourth-order valence-corrected chi connectivity index (χ4v) is 3.20. The van der Waals surface area contributed by atoms with E-state index >= 15 is 0 Å². The minimum atomic E-state index is -0.109. The third-order valence-corrected chi connectivity index (χ3v) is 4.33. The van der Waals surface area contributed by atoms with Crippen LogP contribution in [0.5, 0.6) is 0 Å². The number of rotatable bonds is 1. The van der Waals surface area contributed by atoms with Crippen LogP contribution in [-0.4, -0.2) is 10.2 Å². The minimum absolute atomic E-state index is 0. The van der Waals surface area contributed by atoms with Crippen LogP contribution in [-0.2, 0) is 4.79 Å². The third-order valence-electron chi connectivity index (χ3n) is 3.17. The summed E-state index contributed by atoms with van der Waals surface area (Å²) in [5.41, 5.74) is 2.23. The van der Waals surface area contributed by atoms with E-state index < -0.39 is 0 Å². The molecule has 1 N–H and O–H groups in total. The second-order valence-electron chi connectivity index (χ2n) is 4.35. The van der Waals surface area contributed by atoms with Gasteiger partial charge in [0.25, 0.3) is 5.91 Å². The highest BCUT2D eigenvalue weighted by atomic mass is 32.2. The van der Waals surface area contributed by atoms with E-state index in [9.17, 15) is 4.79 Å². The fourth-order valence-electron chi connectivity index (χ4n) is 2.16. The zero-order chi connectivity index (χ0) is 13.4. The van der Waals surface area contributed by atoms with Crippen molar-refractivity contribution in [3.8, 4) is 0 Å². The van der Waals surface area contributed by atoms with Crippen molar-refractivity contribution in [2.45, 2.75) is 6.92 Å². The highest BCUT2D eigenvalue weighted by Crippen LogP contribution is 2.29. The molecule has 3 rings (SSSR count). The normalized spacial score (nSPS) is 17.2. The summed E-state index contributed by atoms with van der Waals surface area (Å²) < 4.78 is 0.523. The van der Waals surface area contributed by atoms with E-state index in [-0.39, 0.29) is 8.76 Å². The van der Waals surface area contributed by atoms with Gasteiger partial charge in [-0.2, -0.15) is 0 Å². The number of thiocarbonyl (C=S) groups is 1. The van der Waals surface area contributed by atoms with Crippen LogP contribution in [0.15, 0.2) is 41.3 Å². The lowest BCUT2D eigenvalue weighted by atomic mass is 10.00. The summed E-state index contributed by atoms with van der Waals surface area (Å²) in [6, 6.07) is 12.4. The van der Waals surface area contributed by atoms with Crippen molar-refractivity contribution in [3.63, 3.8) is 0 Å². The van der Waals surface area contributed by atoms with Gasteiger partial charge >= 0.3 is 0 Å². The van der Waals surface area contributed by atoms with Crippen LogP contribution >= 0.6 is 24.0 Å². The Kier molecular flexibility index (Phi) is 3.12. The molecule has 2 aromatic carbocycles. The maximum Gasteiger partial charge on any atom is 0.263 e. The predicted molar refractivity (Wildman–Crippen MR) is 89.2 cm³/mol. The Morgan fingerprint density at radius 3 is 2.79 bits per heavy atom. The number of carbonyl (C=O) groups is 1. The van der Waals surface area contributed by atoms with Crippen molar-refractivity contribution in [1.29, 1.82) is 0 Å². The zero-order valence-electron chi connectivity index (χ0n) is 10.3. The van der Waals surface area contributed by atoms with Crippen molar-refractivity contribution >= 4 is 51.1 Å². The zero-order valence-corrected chi connectivity index (χ0v) is 11.9. The first-order chi connectivity index (χ1) is 9.15. The molecule has 0 spiro atoms.